The van der Waals surface area contributed by atoms with Crippen LogP contribution in [-0.4, -0.2) is 47.2 Å². The largest absolute Gasteiger partial charge is 0.324 e. The van der Waals surface area contributed by atoms with Crippen LogP contribution >= 0.6 is 27.7 Å². The van der Waals surface area contributed by atoms with E-state index in [-0.39, 0.29) is 23.8 Å². The highest BCUT2D eigenvalue weighted by atomic mass is 79.9. The van der Waals surface area contributed by atoms with Crippen LogP contribution in [0.5, 0.6) is 0 Å². The van der Waals surface area contributed by atoms with E-state index in [0.717, 1.165) is 35.1 Å². The number of amides is 3. The minimum atomic E-state index is -1.18. The minimum absolute atomic E-state index is 0.129. The number of benzene rings is 1. The first kappa shape index (κ1) is 19.9. The normalized spacial score (nSPS) is 30.9. The summed E-state index contributed by atoms with van der Waals surface area (Å²) in [4.78, 5) is 41.2. The van der Waals surface area contributed by atoms with E-state index in [1.165, 1.54) is 4.90 Å². The first-order chi connectivity index (χ1) is 13.5. The van der Waals surface area contributed by atoms with Crippen molar-refractivity contribution in [1.82, 2.24) is 10.2 Å². The molecule has 0 radical (unpaired) electrons. The van der Waals surface area contributed by atoms with E-state index in [1.54, 1.807) is 11.8 Å². The van der Waals surface area contributed by atoms with E-state index in [9.17, 15) is 14.4 Å². The molecule has 0 saturated carbocycles. The summed E-state index contributed by atoms with van der Waals surface area (Å²) in [5.41, 5.74) is 0.282. The zero-order chi connectivity index (χ0) is 20.1. The molecule has 2 saturated heterocycles. The van der Waals surface area contributed by atoms with E-state index < -0.39 is 17.4 Å². The molecule has 0 aromatic heterocycles. The molecule has 3 aliphatic rings. The molecule has 3 aliphatic heterocycles. The number of carbonyl (C=O) groups excluding carboxylic acids is 3. The molecule has 1 aromatic carbocycles. The average Bonchev–Trinajstić information content (AvgIpc) is 3.24. The second-order valence-electron chi connectivity index (χ2n) is 7.67. The number of hydrogen-bond acceptors (Lipinski definition) is 5. The predicted octanol–water partition coefficient (Wildman–Crippen LogP) is 2.72. The maximum atomic E-state index is 13.4. The van der Waals surface area contributed by atoms with Gasteiger partial charge in [0.05, 0.1) is 11.8 Å². The van der Waals surface area contributed by atoms with Crippen LogP contribution in [0.25, 0.3) is 0 Å². The Hall–Kier alpha value is -1.38. The fraction of sp³-hybridized carbons (Fsp3) is 0.550. The molecular weight excluding hydrogens is 442 g/mol. The van der Waals surface area contributed by atoms with Gasteiger partial charge in [0, 0.05) is 28.3 Å². The van der Waals surface area contributed by atoms with Crippen LogP contribution in [0.2, 0.25) is 0 Å². The predicted molar refractivity (Wildman–Crippen MR) is 113 cm³/mol. The number of nitrogens with one attached hydrogen (secondary N) is 2. The standard InChI is InChI=1S/C20H24BrN3O3S/c1-3-4-8-24-17(25)15-14(7-9-28-2)23-20(16(15)18(24)26)12-10-11(21)5-6-13(12)22-19(20)27/h5-6,10,14-16,23H,3-4,7-9H2,1-2H3,(H,22,27)/t14-,15-,16+,20+/m1/s1. The first-order valence-corrected chi connectivity index (χ1v) is 11.9. The lowest BCUT2D eigenvalue weighted by Gasteiger charge is -2.29. The molecule has 2 N–H and O–H groups in total. The number of imide groups is 1. The summed E-state index contributed by atoms with van der Waals surface area (Å²) in [6.45, 7) is 2.47. The van der Waals surface area contributed by atoms with Gasteiger partial charge in [0.15, 0.2) is 0 Å². The number of rotatable bonds is 6. The highest BCUT2D eigenvalue weighted by Gasteiger charge is 2.70. The highest BCUT2D eigenvalue weighted by Crippen LogP contribution is 2.53. The second-order valence-corrected chi connectivity index (χ2v) is 9.57. The van der Waals surface area contributed by atoms with E-state index in [2.05, 4.69) is 26.6 Å². The molecular formula is C20H24BrN3O3S. The van der Waals surface area contributed by atoms with Crippen LogP contribution in [0, 0.1) is 11.8 Å². The first-order valence-electron chi connectivity index (χ1n) is 9.69. The smallest absolute Gasteiger partial charge is 0.250 e. The van der Waals surface area contributed by atoms with Crippen molar-refractivity contribution >= 4 is 51.1 Å². The second kappa shape index (κ2) is 7.46. The molecule has 2 fully saturated rings. The molecule has 3 heterocycles. The van der Waals surface area contributed by atoms with Crippen LogP contribution in [0.1, 0.15) is 31.7 Å². The van der Waals surface area contributed by atoms with Crippen molar-refractivity contribution in [2.75, 3.05) is 23.9 Å². The molecule has 0 aliphatic carbocycles. The molecule has 4 atom stereocenters. The number of anilines is 1. The SMILES string of the molecule is CCCCN1C(=O)[C@H]2[C@@H](C1=O)[C@]1(N[C@@H]2CCSC)C(=O)Nc2ccc(Br)cc21. The Morgan fingerprint density at radius 1 is 1.25 bits per heavy atom. The number of unbranched alkanes of at least 4 members (excludes halogenated alkanes) is 1. The molecule has 28 heavy (non-hydrogen) atoms. The summed E-state index contributed by atoms with van der Waals surface area (Å²) in [5.74, 6) is -0.909. The maximum absolute atomic E-state index is 13.4. The van der Waals surface area contributed by atoms with E-state index in [4.69, 9.17) is 0 Å². The van der Waals surface area contributed by atoms with Crippen LogP contribution in [0.3, 0.4) is 0 Å². The number of thioether (sulfide) groups is 1. The molecule has 1 spiro atoms. The summed E-state index contributed by atoms with van der Waals surface area (Å²) < 4.78 is 0.840. The van der Waals surface area contributed by atoms with Gasteiger partial charge in [-0.1, -0.05) is 29.3 Å². The molecule has 8 heteroatoms. The van der Waals surface area contributed by atoms with Gasteiger partial charge in [-0.3, -0.25) is 24.6 Å². The van der Waals surface area contributed by atoms with Crippen molar-refractivity contribution in [2.45, 2.75) is 37.8 Å². The molecule has 4 rings (SSSR count). The van der Waals surface area contributed by atoms with Crippen molar-refractivity contribution < 1.29 is 14.4 Å². The summed E-state index contributed by atoms with van der Waals surface area (Å²) >= 11 is 5.19. The van der Waals surface area contributed by atoms with Crippen molar-refractivity contribution in [3.05, 3.63) is 28.2 Å². The van der Waals surface area contributed by atoms with Gasteiger partial charge < -0.3 is 5.32 Å². The number of hydrogen-bond donors (Lipinski definition) is 2. The van der Waals surface area contributed by atoms with Gasteiger partial charge in [-0.25, -0.2) is 0 Å². The van der Waals surface area contributed by atoms with Crippen molar-refractivity contribution in [3.8, 4) is 0 Å². The van der Waals surface area contributed by atoms with Gasteiger partial charge in [0.1, 0.15) is 5.54 Å². The zero-order valence-electron chi connectivity index (χ0n) is 16.0. The Balaban J connectivity index is 1.81. The fourth-order valence-electron chi connectivity index (χ4n) is 4.86. The van der Waals surface area contributed by atoms with E-state index in [0.29, 0.717) is 12.2 Å². The van der Waals surface area contributed by atoms with Gasteiger partial charge in [0.2, 0.25) is 17.7 Å². The third-order valence-corrected chi connectivity index (χ3v) is 7.27. The number of fused-ring (bicyclic) bond motifs is 4. The van der Waals surface area contributed by atoms with Gasteiger partial charge >= 0.3 is 0 Å². The Labute approximate surface area is 177 Å². The maximum Gasteiger partial charge on any atom is 0.250 e. The minimum Gasteiger partial charge on any atom is -0.324 e. The Morgan fingerprint density at radius 2 is 2.04 bits per heavy atom. The average molecular weight is 466 g/mol. The summed E-state index contributed by atoms with van der Waals surface area (Å²) in [5, 5.41) is 6.39. The number of nitrogens with zero attached hydrogens (tertiary/aromatic N) is 1. The van der Waals surface area contributed by atoms with Crippen molar-refractivity contribution in [1.29, 1.82) is 0 Å². The number of carbonyl (C=O) groups is 3. The van der Waals surface area contributed by atoms with Gasteiger partial charge in [-0.05, 0) is 43.0 Å². The fourth-order valence-corrected chi connectivity index (χ4v) is 5.71. The number of likely N-dealkylation sites (tertiary alicyclic amines) is 1. The van der Waals surface area contributed by atoms with Crippen molar-refractivity contribution in [2.24, 2.45) is 11.8 Å². The van der Waals surface area contributed by atoms with Gasteiger partial charge in [-0.15, -0.1) is 0 Å². The van der Waals surface area contributed by atoms with Gasteiger partial charge in [-0.2, -0.15) is 11.8 Å². The Bertz CT molecular complexity index is 848. The number of halogens is 1. The highest BCUT2D eigenvalue weighted by molar-refractivity contribution is 9.10. The third-order valence-electron chi connectivity index (χ3n) is 6.14. The summed E-state index contributed by atoms with van der Waals surface area (Å²) in [6.07, 6.45) is 4.44. The third kappa shape index (κ3) is 2.75. The van der Waals surface area contributed by atoms with Crippen LogP contribution in [-0.2, 0) is 19.9 Å². The topological polar surface area (TPSA) is 78.5 Å². The summed E-state index contributed by atoms with van der Waals surface area (Å²) in [7, 11) is 0. The summed E-state index contributed by atoms with van der Waals surface area (Å²) in [6, 6.07) is 5.40. The van der Waals surface area contributed by atoms with Crippen LogP contribution in [0.4, 0.5) is 5.69 Å². The van der Waals surface area contributed by atoms with E-state index >= 15 is 0 Å². The molecule has 3 amide bonds. The quantitative estimate of drug-likeness (QED) is 0.631. The van der Waals surface area contributed by atoms with Gasteiger partial charge in [0.25, 0.3) is 0 Å². The van der Waals surface area contributed by atoms with Crippen molar-refractivity contribution in [3.63, 3.8) is 0 Å². The molecule has 0 unspecified atom stereocenters. The monoisotopic (exact) mass is 465 g/mol. The van der Waals surface area contributed by atoms with Crippen LogP contribution < -0.4 is 10.6 Å². The Morgan fingerprint density at radius 3 is 2.75 bits per heavy atom. The lowest BCUT2D eigenvalue weighted by atomic mass is 9.76. The Kier molecular flexibility index (Phi) is 5.31. The molecule has 1 aromatic rings. The zero-order valence-corrected chi connectivity index (χ0v) is 18.4. The van der Waals surface area contributed by atoms with Crippen LogP contribution in [0.15, 0.2) is 22.7 Å². The lowest BCUT2D eigenvalue weighted by molar-refractivity contribution is -0.142. The van der Waals surface area contributed by atoms with E-state index in [1.807, 2.05) is 31.4 Å². The molecule has 150 valence electrons. The molecule has 6 nitrogen and oxygen atoms in total. The molecule has 0 bridgehead atoms. The lowest BCUT2D eigenvalue weighted by Crippen LogP contribution is -2.53.